The first-order valence-electron chi connectivity index (χ1n) is 5.85. The standard InChI is InChI=1S/C13H21BrN2O/c1-10(6-16-13(2,3)4)9-17-12-5-11(14)7-15-8-12/h5,7-8,10,16H,6,9H2,1-4H3. The fourth-order valence-corrected chi connectivity index (χ4v) is 1.59. The molecule has 1 N–H and O–H groups in total. The average molecular weight is 301 g/mol. The Kier molecular flexibility index (Phi) is 5.40. The second-order valence-corrected chi connectivity index (χ2v) is 6.30. The molecule has 1 rings (SSSR count). The van der Waals surface area contributed by atoms with E-state index in [1.165, 1.54) is 0 Å². The molecule has 0 aliphatic carbocycles. The number of nitrogens with zero attached hydrogens (tertiary/aromatic N) is 1. The molecule has 3 nitrogen and oxygen atoms in total. The van der Waals surface area contributed by atoms with Crippen LogP contribution >= 0.6 is 15.9 Å². The molecule has 17 heavy (non-hydrogen) atoms. The minimum absolute atomic E-state index is 0.158. The maximum atomic E-state index is 5.68. The third-order valence-corrected chi connectivity index (χ3v) is 2.63. The van der Waals surface area contributed by atoms with Gasteiger partial charge in [0.15, 0.2) is 0 Å². The fourth-order valence-electron chi connectivity index (χ4n) is 1.25. The highest BCUT2D eigenvalue weighted by molar-refractivity contribution is 9.10. The van der Waals surface area contributed by atoms with Crippen molar-refractivity contribution in [2.75, 3.05) is 13.2 Å². The van der Waals surface area contributed by atoms with E-state index in [0.29, 0.717) is 12.5 Å². The molecule has 0 aliphatic rings. The van der Waals surface area contributed by atoms with Crippen molar-refractivity contribution in [1.29, 1.82) is 0 Å². The summed E-state index contributed by atoms with van der Waals surface area (Å²) >= 11 is 3.37. The van der Waals surface area contributed by atoms with E-state index >= 15 is 0 Å². The minimum Gasteiger partial charge on any atom is -0.492 e. The van der Waals surface area contributed by atoms with E-state index in [2.05, 4.69) is 53.9 Å². The van der Waals surface area contributed by atoms with Gasteiger partial charge in [-0.2, -0.15) is 0 Å². The molecule has 0 amide bonds. The normalized spacial score (nSPS) is 13.5. The van der Waals surface area contributed by atoms with Gasteiger partial charge in [0.05, 0.1) is 12.8 Å². The molecule has 0 bridgehead atoms. The van der Waals surface area contributed by atoms with Crippen LogP contribution in [0.25, 0.3) is 0 Å². The summed E-state index contributed by atoms with van der Waals surface area (Å²) in [6.45, 7) is 10.3. The van der Waals surface area contributed by atoms with Gasteiger partial charge < -0.3 is 10.1 Å². The lowest BCUT2D eigenvalue weighted by atomic mass is 10.1. The Balaban J connectivity index is 2.31. The van der Waals surface area contributed by atoms with Crippen molar-refractivity contribution >= 4 is 15.9 Å². The predicted molar refractivity (Wildman–Crippen MR) is 74.4 cm³/mol. The van der Waals surface area contributed by atoms with Crippen LogP contribution in [0.4, 0.5) is 0 Å². The van der Waals surface area contributed by atoms with Crippen molar-refractivity contribution < 1.29 is 4.74 Å². The highest BCUT2D eigenvalue weighted by Crippen LogP contribution is 2.16. The summed E-state index contributed by atoms with van der Waals surface area (Å²) in [5.74, 6) is 1.27. The highest BCUT2D eigenvalue weighted by atomic mass is 79.9. The first kappa shape index (κ1) is 14.5. The fraction of sp³-hybridized carbons (Fsp3) is 0.615. The summed E-state index contributed by atoms with van der Waals surface area (Å²) < 4.78 is 6.62. The Morgan fingerprint density at radius 3 is 2.71 bits per heavy atom. The zero-order chi connectivity index (χ0) is 12.9. The largest absolute Gasteiger partial charge is 0.492 e. The van der Waals surface area contributed by atoms with Crippen LogP contribution in [0, 0.1) is 5.92 Å². The van der Waals surface area contributed by atoms with Crippen molar-refractivity contribution in [1.82, 2.24) is 10.3 Å². The van der Waals surface area contributed by atoms with Gasteiger partial charge in [-0.25, -0.2) is 0 Å². The third kappa shape index (κ3) is 6.64. The Labute approximate surface area is 112 Å². The van der Waals surface area contributed by atoms with Crippen LogP contribution in [0.2, 0.25) is 0 Å². The molecule has 0 spiro atoms. The molecule has 1 atom stereocenters. The van der Waals surface area contributed by atoms with Gasteiger partial charge in [0.1, 0.15) is 5.75 Å². The Bertz CT molecular complexity index is 350. The molecular weight excluding hydrogens is 280 g/mol. The zero-order valence-electron chi connectivity index (χ0n) is 11.0. The van der Waals surface area contributed by atoms with Crippen LogP contribution in [0.15, 0.2) is 22.9 Å². The van der Waals surface area contributed by atoms with E-state index in [1.54, 1.807) is 12.4 Å². The van der Waals surface area contributed by atoms with Gasteiger partial charge in [-0.15, -0.1) is 0 Å². The van der Waals surface area contributed by atoms with Gasteiger partial charge in [0, 0.05) is 28.7 Å². The van der Waals surface area contributed by atoms with E-state index in [1.807, 2.05) is 6.07 Å². The number of halogens is 1. The van der Waals surface area contributed by atoms with E-state index in [0.717, 1.165) is 16.8 Å². The van der Waals surface area contributed by atoms with Crippen molar-refractivity contribution in [3.63, 3.8) is 0 Å². The molecule has 1 heterocycles. The summed E-state index contributed by atoms with van der Waals surface area (Å²) in [4.78, 5) is 4.06. The number of aromatic nitrogens is 1. The highest BCUT2D eigenvalue weighted by Gasteiger charge is 2.11. The molecule has 96 valence electrons. The van der Waals surface area contributed by atoms with Gasteiger partial charge in [-0.05, 0) is 42.8 Å². The Morgan fingerprint density at radius 2 is 2.12 bits per heavy atom. The van der Waals surface area contributed by atoms with Crippen LogP contribution in [-0.2, 0) is 0 Å². The number of rotatable bonds is 5. The van der Waals surface area contributed by atoms with Crippen molar-refractivity contribution in [3.05, 3.63) is 22.9 Å². The summed E-state index contributed by atoms with van der Waals surface area (Å²) in [5.41, 5.74) is 0.158. The first-order valence-corrected chi connectivity index (χ1v) is 6.64. The zero-order valence-corrected chi connectivity index (χ0v) is 12.5. The molecule has 0 saturated heterocycles. The lowest BCUT2D eigenvalue weighted by Gasteiger charge is -2.23. The summed E-state index contributed by atoms with van der Waals surface area (Å²) in [5, 5.41) is 3.46. The van der Waals surface area contributed by atoms with Crippen molar-refractivity contribution in [3.8, 4) is 5.75 Å². The van der Waals surface area contributed by atoms with Gasteiger partial charge >= 0.3 is 0 Å². The van der Waals surface area contributed by atoms with Crippen LogP contribution in [0.3, 0.4) is 0 Å². The van der Waals surface area contributed by atoms with E-state index < -0.39 is 0 Å². The van der Waals surface area contributed by atoms with Gasteiger partial charge in [-0.3, -0.25) is 4.98 Å². The molecule has 1 unspecified atom stereocenters. The molecule has 0 radical (unpaired) electrons. The van der Waals surface area contributed by atoms with Crippen LogP contribution in [-0.4, -0.2) is 23.7 Å². The quantitative estimate of drug-likeness (QED) is 0.906. The molecule has 0 aromatic carbocycles. The molecule has 0 saturated carbocycles. The monoisotopic (exact) mass is 300 g/mol. The third-order valence-electron chi connectivity index (χ3n) is 2.20. The van der Waals surface area contributed by atoms with Gasteiger partial charge in [0.25, 0.3) is 0 Å². The lowest BCUT2D eigenvalue weighted by Crippen LogP contribution is -2.39. The summed E-state index contributed by atoms with van der Waals surface area (Å²) in [6.07, 6.45) is 3.48. The minimum atomic E-state index is 0.158. The number of hydrogen-bond acceptors (Lipinski definition) is 3. The lowest BCUT2D eigenvalue weighted by molar-refractivity contribution is 0.243. The molecule has 0 fully saturated rings. The van der Waals surface area contributed by atoms with Crippen LogP contribution < -0.4 is 10.1 Å². The van der Waals surface area contributed by atoms with Gasteiger partial charge in [0.2, 0.25) is 0 Å². The first-order chi connectivity index (χ1) is 7.87. The molecule has 1 aromatic rings. The Hall–Kier alpha value is -0.610. The number of ether oxygens (including phenoxy) is 1. The van der Waals surface area contributed by atoms with E-state index in [-0.39, 0.29) is 5.54 Å². The van der Waals surface area contributed by atoms with Crippen LogP contribution in [0.5, 0.6) is 5.75 Å². The maximum absolute atomic E-state index is 5.68. The number of pyridine rings is 1. The number of hydrogen-bond donors (Lipinski definition) is 1. The van der Waals surface area contributed by atoms with Crippen LogP contribution in [0.1, 0.15) is 27.7 Å². The topological polar surface area (TPSA) is 34.1 Å². The Morgan fingerprint density at radius 1 is 1.41 bits per heavy atom. The molecule has 0 aliphatic heterocycles. The summed E-state index contributed by atoms with van der Waals surface area (Å²) in [7, 11) is 0. The second-order valence-electron chi connectivity index (χ2n) is 5.39. The molecular formula is C13H21BrN2O. The molecule has 1 aromatic heterocycles. The number of nitrogens with one attached hydrogen (secondary N) is 1. The maximum Gasteiger partial charge on any atom is 0.138 e. The smallest absolute Gasteiger partial charge is 0.138 e. The van der Waals surface area contributed by atoms with Crippen molar-refractivity contribution in [2.24, 2.45) is 5.92 Å². The average Bonchev–Trinajstić information content (AvgIpc) is 2.23. The SMILES string of the molecule is CC(CNC(C)(C)C)COc1cncc(Br)c1. The van der Waals surface area contributed by atoms with E-state index in [4.69, 9.17) is 4.74 Å². The van der Waals surface area contributed by atoms with Crippen molar-refractivity contribution in [2.45, 2.75) is 33.2 Å². The van der Waals surface area contributed by atoms with Gasteiger partial charge in [-0.1, -0.05) is 6.92 Å². The van der Waals surface area contributed by atoms with E-state index in [9.17, 15) is 0 Å². The summed E-state index contributed by atoms with van der Waals surface area (Å²) in [6, 6.07) is 1.93. The second kappa shape index (κ2) is 6.36. The molecule has 4 heteroatoms. The predicted octanol–water partition coefficient (Wildman–Crippen LogP) is 3.25.